The van der Waals surface area contributed by atoms with Crippen molar-refractivity contribution in [1.29, 1.82) is 0 Å². The number of carbonyl (C=O) groups is 1. The normalized spacial score (nSPS) is 11.8. The number of aliphatic carboxylic acids is 1. The summed E-state index contributed by atoms with van der Waals surface area (Å²) in [5, 5.41) is 8.80. The van der Waals surface area contributed by atoms with Gasteiger partial charge in [0, 0.05) is 0 Å². The lowest BCUT2D eigenvalue weighted by Crippen LogP contribution is -2.56. The van der Waals surface area contributed by atoms with Gasteiger partial charge < -0.3 is 16.6 Å². The van der Waals surface area contributed by atoms with E-state index in [1.165, 1.54) is 70.6 Å². The summed E-state index contributed by atoms with van der Waals surface area (Å²) in [7, 11) is 0. The summed E-state index contributed by atoms with van der Waals surface area (Å²) in [6, 6.07) is 0. The number of nitrogens with two attached hydrogens (primary N) is 2. The topological polar surface area (TPSA) is 89.3 Å². The fourth-order valence-electron chi connectivity index (χ4n) is 2.72. The van der Waals surface area contributed by atoms with E-state index in [0.29, 0.717) is 6.42 Å². The van der Waals surface area contributed by atoms with E-state index in [-0.39, 0.29) is 0 Å². The maximum Gasteiger partial charge on any atom is 0.338 e. The largest absolute Gasteiger partial charge is 0.479 e. The number of carboxylic acid groups (broad SMARTS) is 1. The summed E-state index contributed by atoms with van der Waals surface area (Å²) >= 11 is 0. The third-order valence-corrected chi connectivity index (χ3v) is 4.34. The van der Waals surface area contributed by atoms with Gasteiger partial charge in [-0.15, -0.1) is 0 Å². The molecule has 0 aliphatic carbocycles. The molecule has 4 heteroatoms. The van der Waals surface area contributed by atoms with E-state index in [9.17, 15) is 4.79 Å². The summed E-state index contributed by atoms with van der Waals surface area (Å²) in [6.07, 6.45) is 18.3. The Balaban J connectivity index is 3.16. The van der Waals surface area contributed by atoms with E-state index >= 15 is 0 Å². The van der Waals surface area contributed by atoms with Crippen LogP contribution in [0.25, 0.3) is 0 Å². The van der Waals surface area contributed by atoms with Crippen LogP contribution >= 0.6 is 0 Å². The molecule has 0 rings (SSSR count). The lowest BCUT2D eigenvalue weighted by Gasteiger charge is -2.18. The molecule has 0 aliphatic rings. The Labute approximate surface area is 137 Å². The van der Waals surface area contributed by atoms with Gasteiger partial charge in [-0.25, -0.2) is 4.79 Å². The van der Waals surface area contributed by atoms with Crippen LogP contribution in [0.1, 0.15) is 103 Å². The molecule has 0 aromatic rings. The first-order valence-electron chi connectivity index (χ1n) is 9.32. The molecule has 0 atom stereocenters. The number of hydrogen-bond acceptors (Lipinski definition) is 3. The van der Waals surface area contributed by atoms with Gasteiger partial charge in [0.15, 0.2) is 5.66 Å². The maximum atomic E-state index is 10.7. The monoisotopic (exact) mass is 314 g/mol. The fraction of sp³-hybridized carbons (Fsp3) is 0.944. The molecule has 0 aromatic carbocycles. The predicted octanol–water partition coefficient (Wildman–Crippen LogP) is 4.56. The van der Waals surface area contributed by atoms with Crippen LogP contribution in [0.3, 0.4) is 0 Å². The number of rotatable bonds is 16. The van der Waals surface area contributed by atoms with Crippen molar-refractivity contribution in [2.24, 2.45) is 11.5 Å². The van der Waals surface area contributed by atoms with Crippen molar-refractivity contribution in [2.45, 2.75) is 109 Å². The molecule has 0 saturated heterocycles. The van der Waals surface area contributed by atoms with Gasteiger partial charge in [-0.3, -0.25) is 0 Å². The molecule has 0 spiro atoms. The second-order valence-electron chi connectivity index (χ2n) is 6.69. The first-order chi connectivity index (χ1) is 10.5. The molecule has 5 N–H and O–H groups in total. The number of hydrogen-bond donors (Lipinski definition) is 3. The summed E-state index contributed by atoms with van der Waals surface area (Å²) in [5.74, 6) is -1.11. The van der Waals surface area contributed by atoms with Crippen molar-refractivity contribution in [1.82, 2.24) is 0 Å². The molecule has 4 nitrogen and oxygen atoms in total. The second kappa shape index (κ2) is 14.0. The Morgan fingerprint density at radius 3 is 1.36 bits per heavy atom. The molecule has 0 radical (unpaired) electrons. The van der Waals surface area contributed by atoms with Crippen molar-refractivity contribution in [3.05, 3.63) is 0 Å². The van der Waals surface area contributed by atoms with Crippen molar-refractivity contribution < 1.29 is 9.90 Å². The number of carboxylic acids is 1. The predicted molar refractivity (Wildman–Crippen MR) is 93.7 cm³/mol. The molecule has 0 aliphatic heterocycles. The summed E-state index contributed by atoms with van der Waals surface area (Å²) in [4.78, 5) is 10.7. The highest BCUT2D eigenvalue weighted by Gasteiger charge is 2.27. The molecule has 0 fully saturated rings. The first kappa shape index (κ1) is 21.4. The van der Waals surface area contributed by atoms with Gasteiger partial charge in [-0.2, -0.15) is 0 Å². The molecule has 0 unspecified atom stereocenters. The molecule has 132 valence electrons. The van der Waals surface area contributed by atoms with Crippen molar-refractivity contribution in [3.8, 4) is 0 Å². The van der Waals surface area contributed by atoms with Gasteiger partial charge in [-0.05, 0) is 12.8 Å². The molecule has 0 amide bonds. The standard InChI is InChI=1S/C18H38N2O2/c1-2-3-4-5-6-7-8-9-10-11-12-13-14-15-16-18(19,20)17(21)22/h2-16,19-20H2,1H3,(H,21,22). The Hall–Kier alpha value is -0.610. The zero-order chi connectivity index (χ0) is 16.7. The van der Waals surface area contributed by atoms with Gasteiger partial charge in [0.2, 0.25) is 0 Å². The van der Waals surface area contributed by atoms with Gasteiger partial charge in [-0.1, -0.05) is 90.4 Å². The minimum atomic E-state index is -1.54. The highest BCUT2D eigenvalue weighted by atomic mass is 16.4. The van der Waals surface area contributed by atoms with Gasteiger partial charge in [0.05, 0.1) is 0 Å². The Kier molecular flexibility index (Phi) is 13.6. The van der Waals surface area contributed by atoms with Crippen LogP contribution < -0.4 is 11.5 Å². The molecular weight excluding hydrogens is 276 g/mol. The lowest BCUT2D eigenvalue weighted by molar-refractivity contribution is -0.143. The van der Waals surface area contributed by atoms with Crippen LogP contribution in [0, 0.1) is 0 Å². The van der Waals surface area contributed by atoms with Crippen LogP contribution in [0.2, 0.25) is 0 Å². The minimum Gasteiger partial charge on any atom is -0.479 e. The SMILES string of the molecule is CCCCCCCCCCCCCCCCC(N)(N)C(=O)O. The average molecular weight is 315 g/mol. The number of unbranched alkanes of at least 4 members (excludes halogenated alkanes) is 13. The van der Waals surface area contributed by atoms with Gasteiger partial charge in [0.25, 0.3) is 0 Å². The van der Waals surface area contributed by atoms with Crippen LogP contribution in [0.5, 0.6) is 0 Å². The summed E-state index contributed by atoms with van der Waals surface area (Å²) in [6.45, 7) is 2.26. The van der Waals surface area contributed by atoms with Gasteiger partial charge in [0.1, 0.15) is 0 Å². The van der Waals surface area contributed by atoms with E-state index in [1.807, 2.05) is 0 Å². The zero-order valence-electron chi connectivity index (χ0n) is 14.6. The maximum absolute atomic E-state index is 10.7. The molecule has 0 saturated carbocycles. The van der Waals surface area contributed by atoms with Crippen molar-refractivity contribution >= 4 is 5.97 Å². The third kappa shape index (κ3) is 13.1. The first-order valence-corrected chi connectivity index (χ1v) is 9.32. The quantitative estimate of drug-likeness (QED) is 0.288. The third-order valence-electron chi connectivity index (χ3n) is 4.34. The molecular formula is C18H38N2O2. The van der Waals surface area contributed by atoms with Crippen molar-refractivity contribution in [2.75, 3.05) is 0 Å². The lowest BCUT2D eigenvalue weighted by atomic mass is 10.0. The van der Waals surface area contributed by atoms with E-state index in [2.05, 4.69) is 6.92 Å². The highest BCUT2D eigenvalue weighted by Crippen LogP contribution is 2.14. The Morgan fingerprint density at radius 1 is 0.727 bits per heavy atom. The van der Waals surface area contributed by atoms with Crippen LogP contribution in [-0.2, 0) is 4.79 Å². The Morgan fingerprint density at radius 2 is 1.05 bits per heavy atom. The van der Waals surface area contributed by atoms with Crippen LogP contribution in [0.4, 0.5) is 0 Å². The fourth-order valence-corrected chi connectivity index (χ4v) is 2.72. The molecule has 0 aromatic heterocycles. The minimum absolute atomic E-state index is 0.361. The van der Waals surface area contributed by atoms with E-state index in [4.69, 9.17) is 16.6 Å². The Bertz CT molecular complexity index is 268. The van der Waals surface area contributed by atoms with Crippen LogP contribution in [0.15, 0.2) is 0 Å². The summed E-state index contributed by atoms with van der Waals surface area (Å²) < 4.78 is 0. The van der Waals surface area contributed by atoms with Crippen molar-refractivity contribution in [3.63, 3.8) is 0 Å². The van der Waals surface area contributed by atoms with E-state index in [1.54, 1.807) is 0 Å². The summed E-state index contributed by atoms with van der Waals surface area (Å²) in [5.41, 5.74) is 9.43. The van der Waals surface area contributed by atoms with Gasteiger partial charge >= 0.3 is 5.97 Å². The molecule has 0 bridgehead atoms. The van der Waals surface area contributed by atoms with E-state index < -0.39 is 11.6 Å². The second-order valence-corrected chi connectivity index (χ2v) is 6.69. The van der Waals surface area contributed by atoms with Crippen LogP contribution in [-0.4, -0.2) is 16.7 Å². The average Bonchev–Trinajstić information content (AvgIpc) is 2.47. The smallest absolute Gasteiger partial charge is 0.338 e. The zero-order valence-corrected chi connectivity index (χ0v) is 14.6. The molecule has 0 heterocycles. The highest BCUT2D eigenvalue weighted by molar-refractivity contribution is 5.77. The molecule has 22 heavy (non-hydrogen) atoms. The van der Waals surface area contributed by atoms with E-state index in [0.717, 1.165) is 19.3 Å².